The highest BCUT2D eigenvalue weighted by atomic mass is 35.5. The summed E-state index contributed by atoms with van der Waals surface area (Å²) in [5.74, 6) is -0.338. The van der Waals surface area contributed by atoms with Crippen molar-refractivity contribution in [2.45, 2.75) is 30.7 Å². The zero-order chi connectivity index (χ0) is 21.1. The topological polar surface area (TPSA) is 66.5 Å². The summed E-state index contributed by atoms with van der Waals surface area (Å²) in [5, 5.41) is 5.24. The molecule has 1 aliphatic heterocycles. The number of sulfonamides is 1. The maximum Gasteiger partial charge on any atom is 0.251 e. The van der Waals surface area contributed by atoms with Crippen LogP contribution in [0.25, 0.3) is 10.8 Å². The highest BCUT2D eigenvalue weighted by Gasteiger charge is 2.28. The van der Waals surface area contributed by atoms with Crippen LogP contribution in [0.5, 0.6) is 0 Å². The third kappa shape index (κ3) is 4.36. The molecule has 5 nitrogen and oxygen atoms in total. The average molecular weight is 443 g/mol. The highest BCUT2D eigenvalue weighted by Crippen LogP contribution is 2.28. The Hall–Kier alpha value is -2.41. The molecule has 1 fully saturated rings. The number of nitrogens with zero attached hydrogens (tertiary/aromatic N) is 1. The maximum atomic E-state index is 13.0. The Kier molecular flexibility index (Phi) is 6.09. The molecule has 0 bridgehead atoms. The van der Waals surface area contributed by atoms with E-state index in [-0.39, 0.29) is 21.4 Å². The normalized spacial score (nSPS) is 15.2. The molecule has 4 rings (SSSR count). The van der Waals surface area contributed by atoms with Crippen LogP contribution in [0.3, 0.4) is 0 Å². The zero-order valence-electron chi connectivity index (χ0n) is 16.5. The molecule has 0 spiro atoms. The number of fused-ring (bicyclic) bond motifs is 1. The van der Waals surface area contributed by atoms with Gasteiger partial charge in [0.05, 0.1) is 5.02 Å². The molecule has 0 aromatic heterocycles. The molecule has 0 unspecified atom stereocenters. The minimum atomic E-state index is -3.72. The van der Waals surface area contributed by atoms with E-state index in [1.54, 1.807) is 6.07 Å². The minimum Gasteiger partial charge on any atom is -0.348 e. The molecule has 0 radical (unpaired) electrons. The second-order valence-corrected chi connectivity index (χ2v) is 9.79. The van der Waals surface area contributed by atoms with E-state index in [0.717, 1.165) is 35.6 Å². The van der Waals surface area contributed by atoms with Gasteiger partial charge >= 0.3 is 0 Å². The Morgan fingerprint density at radius 2 is 1.67 bits per heavy atom. The summed E-state index contributed by atoms with van der Waals surface area (Å²) in [5.41, 5.74) is 1.24. The number of carbonyl (C=O) groups is 1. The van der Waals surface area contributed by atoms with Crippen molar-refractivity contribution in [2.75, 3.05) is 13.1 Å². The quantitative estimate of drug-likeness (QED) is 0.628. The molecule has 30 heavy (non-hydrogen) atoms. The van der Waals surface area contributed by atoms with Gasteiger partial charge in [-0.2, -0.15) is 4.31 Å². The number of benzene rings is 3. The van der Waals surface area contributed by atoms with E-state index in [9.17, 15) is 13.2 Å². The molecule has 156 valence electrons. The Labute approximate surface area is 181 Å². The van der Waals surface area contributed by atoms with Gasteiger partial charge in [-0.05, 0) is 53.4 Å². The lowest BCUT2D eigenvalue weighted by Gasteiger charge is -2.26. The monoisotopic (exact) mass is 442 g/mol. The van der Waals surface area contributed by atoms with E-state index in [0.29, 0.717) is 19.6 Å². The van der Waals surface area contributed by atoms with E-state index in [1.807, 2.05) is 42.5 Å². The van der Waals surface area contributed by atoms with Gasteiger partial charge in [-0.1, -0.05) is 54.4 Å². The lowest BCUT2D eigenvalue weighted by Crippen LogP contribution is -2.36. The van der Waals surface area contributed by atoms with Crippen molar-refractivity contribution in [3.05, 3.63) is 76.8 Å². The standard InChI is InChI=1S/C23H23ClN2O3S/c24-21-11-10-20(15-22(21)30(28,29)26-12-4-1-5-13-26)23(27)25-16-17-8-9-18-6-2-3-7-19(18)14-17/h2-3,6-11,14-15H,1,4-5,12-13,16H2,(H,25,27). The smallest absolute Gasteiger partial charge is 0.251 e. The summed E-state index contributed by atoms with van der Waals surface area (Å²) >= 11 is 6.20. The Morgan fingerprint density at radius 1 is 0.933 bits per heavy atom. The molecule has 1 aliphatic rings. The van der Waals surface area contributed by atoms with Crippen molar-refractivity contribution >= 4 is 38.3 Å². The highest BCUT2D eigenvalue weighted by molar-refractivity contribution is 7.89. The number of amides is 1. The molecule has 1 amide bonds. The van der Waals surface area contributed by atoms with E-state index >= 15 is 0 Å². The fraction of sp³-hybridized carbons (Fsp3) is 0.261. The van der Waals surface area contributed by atoms with Crippen LogP contribution in [-0.4, -0.2) is 31.7 Å². The molecule has 1 heterocycles. The molecular weight excluding hydrogens is 420 g/mol. The first kappa shape index (κ1) is 20.8. The fourth-order valence-corrected chi connectivity index (χ4v) is 5.74. The molecule has 0 atom stereocenters. The van der Waals surface area contributed by atoms with E-state index in [2.05, 4.69) is 5.32 Å². The van der Waals surface area contributed by atoms with Crippen LogP contribution in [0, 0.1) is 0 Å². The van der Waals surface area contributed by atoms with Gasteiger partial charge in [0.1, 0.15) is 4.90 Å². The Balaban J connectivity index is 1.52. The maximum absolute atomic E-state index is 13.0. The van der Waals surface area contributed by atoms with Crippen LogP contribution in [0.4, 0.5) is 0 Å². The van der Waals surface area contributed by atoms with Gasteiger partial charge in [-0.25, -0.2) is 8.42 Å². The second-order valence-electron chi connectivity index (χ2n) is 7.47. The lowest BCUT2D eigenvalue weighted by atomic mass is 10.1. The van der Waals surface area contributed by atoms with Gasteiger partial charge in [-0.15, -0.1) is 0 Å². The van der Waals surface area contributed by atoms with Crippen molar-refractivity contribution in [3.8, 4) is 0 Å². The molecular formula is C23H23ClN2O3S. The largest absolute Gasteiger partial charge is 0.348 e. The summed E-state index contributed by atoms with van der Waals surface area (Å²) < 4.78 is 27.4. The third-order valence-electron chi connectivity index (χ3n) is 5.39. The minimum absolute atomic E-state index is 0.00979. The average Bonchev–Trinajstić information content (AvgIpc) is 2.78. The molecule has 1 N–H and O–H groups in total. The van der Waals surface area contributed by atoms with Crippen molar-refractivity contribution in [3.63, 3.8) is 0 Å². The summed E-state index contributed by atoms with van der Waals surface area (Å²) in [6.45, 7) is 1.31. The molecule has 0 aliphatic carbocycles. The van der Waals surface area contributed by atoms with Gasteiger partial charge < -0.3 is 5.32 Å². The molecule has 0 saturated carbocycles. The zero-order valence-corrected chi connectivity index (χ0v) is 18.0. The van der Waals surface area contributed by atoms with E-state index < -0.39 is 10.0 Å². The molecule has 3 aromatic carbocycles. The number of hydrogen-bond donors (Lipinski definition) is 1. The lowest BCUT2D eigenvalue weighted by molar-refractivity contribution is 0.0950. The number of rotatable bonds is 5. The number of hydrogen-bond acceptors (Lipinski definition) is 3. The Morgan fingerprint density at radius 3 is 2.43 bits per heavy atom. The van der Waals surface area contributed by atoms with Gasteiger partial charge in [0.15, 0.2) is 0 Å². The van der Waals surface area contributed by atoms with E-state index in [1.165, 1.54) is 16.4 Å². The third-order valence-corrected chi connectivity index (χ3v) is 7.77. The van der Waals surface area contributed by atoms with E-state index in [4.69, 9.17) is 11.6 Å². The second kappa shape index (κ2) is 8.76. The summed E-state index contributed by atoms with van der Waals surface area (Å²) in [7, 11) is -3.72. The predicted molar refractivity (Wildman–Crippen MR) is 119 cm³/mol. The van der Waals surface area contributed by atoms with Crippen LogP contribution >= 0.6 is 11.6 Å². The predicted octanol–water partition coefficient (Wildman–Crippen LogP) is 4.60. The molecule has 1 saturated heterocycles. The van der Waals surface area contributed by atoms with Crippen LogP contribution in [0.2, 0.25) is 5.02 Å². The summed E-state index contributed by atoms with van der Waals surface area (Å²) in [6.07, 6.45) is 2.70. The molecule has 7 heteroatoms. The number of piperidine rings is 1. The first-order chi connectivity index (χ1) is 14.4. The number of halogens is 1. The SMILES string of the molecule is O=C(NCc1ccc2ccccc2c1)c1ccc(Cl)c(S(=O)(=O)N2CCCCC2)c1. The van der Waals surface area contributed by atoms with Gasteiger partial charge in [0.25, 0.3) is 5.91 Å². The van der Waals surface area contributed by atoms with Crippen molar-refractivity contribution < 1.29 is 13.2 Å². The first-order valence-corrected chi connectivity index (χ1v) is 11.8. The Bertz CT molecular complexity index is 1190. The molecule has 3 aromatic rings. The number of nitrogens with one attached hydrogen (secondary N) is 1. The van der Waals surface area contributed by atoms with Crippen molar-refractivity contribution in [1.82, 2.24) is 9.62 Å². The van der Waals surface area contributed by atoms with Crippen LogP contribution in [0.15, 0.2) is 65.6 Å². The van der Waals surface area contributed by atoms with Crippen molar-refractivity contribution in [1.29, 1.82) is 0 Å². The first-order valence-electron chi connectivity index (χ1n) is 10.0. The van der Waals surface area contributed by atoms with Gasteiger partial charge in [-0.3, -0.25) is 4.79 Å². The van der Waals surface area contributed by atoms with Gasteiger partial charge in [0.2, 0.25) is 10.0 Å². The van der Waals surface area contributed by atoms with Crippen LogP contribution in [0.1, 0.15) is 35.2 Å². The summed E-state index contributed by atoms with van der Waals surface area (Å²) in [4.78, 5) is 12.7. The number of carbonyl (C=O) groups excluding carboxylic acids is 1. The van der Waals surface area contributed by atoms with Crippen LogP contribution < -0.4 is 5.32 Å². The summed E-state index contributed by atoms with van der Waals surface area (Å²) in [6, 6.07) is 18.4. The van der Waals surface area contributed by atoms with Gasteiger partial charge in [0, 0.05) is 25.2 Å². The van der Waals surface area contributed by atoms with Crippen LogP contribution in [-0.2, 0) is 16.6 Å². The van der Waals surface area contributed by atoms with Crippen molar-refractivity contribution in [2.24, 2.45) is 0 Å². The fourth-order valence-electron chi connectivity index (χ4n) is 3.72.